The Kier molecular flexibility index (Phi) is 11.0. The molecule has 56 heavy (non-hydrogen) atoms. The summed E-state index contributed by atoms with van der Waals surface area (Å²) in [5.41, 5.74) is -2.93. The first-order chi connectivity index (χ1) is 26.1. The molecule has 2 aliphatic heterocycles. The van der Waals surface area contributed by atoms with Crippen LogP contribution in [0.25, 0.3) is 0 Å². The lowest BCUT2D eigenvalue weighted by atomic mass is 9.33. The summed E-state index contributed by atoms with van der Waals surface area (Å²) < 4.78 is 23.9. The van der Waals surface area contributed by atoms with E-state index in [1.807, 2.05) is 0 Å². The van der Waals surface area contributed by atoms with Gasteiger partial charge in [-0.05, 0) is 111 Å². The molecule has 0 spiro atoms. The average molecular weight is 795 g/mol. The summed E-state index contributed by atoms with van der Waals surface area (Å²) in [4.78, 5) is 28.8. The summed E-state index contributed by atoms with van der Waals surface area (Å²) in [7, 11) is 0. The molecule has 0 radical (unpaired) electrons. The van der Waals surface area contributed by atoms with Crippen LogP contribution in [0.5, 0.6) is 0 Å². The second-order valence-corrected chi connectivity index (χ2v) is 20.0. The number of aliphatic hydroxyl groups is 7. The maximum absolute atomic E-state index is 14.6. The molecule has 13 unspecified atom stereocenters. The molecule has 4 saturated carbocycles. The fraction of sp³-hybridized carbons (Fsp3) is 0.905. The minimum atomic E-state index is -1.74. The third kappa shape index (κ3) is 5.85. The lowest BCUT2D eigenvalue weighted by Gasteiger charge is -2.70. The van der Waals surface area contributed by atoms with Crippen LogP contribution in [0.3, 0.4) is 0 Å². The third-order valence-electron chi connectivity index (χ3n) is 17.3. The van der Waals surface area contributed by atoms with Gasteiger partial charge in [-0.3, -0.25) is 9.59 Å². The van der Waals surface area contributed by atoms with Gasteiger partial charge in [-0.2, -0.15) is 0 Å². The Morgan fingerprint density at radius 2 is 1.43 bits per heavy atom. The van der Waals surface area contributed by atoms with Crippen molar-refractivity contribution in [3.8, 4) is 0 Å². The van der Waals surface area contributed by atoms with E-state index in [0.717, 1.165) is 18.4 Å². The number of aliphatic carboxylic acids is 1. The summed E-state index contributed by atoms with van der Waals surface area (Å²) in [5, 5.41) is 84.5. The normalized spacial score (nSPS) is 54.0. The maximum Gasteiger partial charge on any atom is 0.315 e. The topological polar surface area (TPSA) is 233 Å². The van der Waals surface area contributed by atoms with E-state index < -0.39 is 108 Å². The van der Waals surface area contributed by atoms with Gasteiger partial charge in [0.05, 0.1) is 29.6 Å². The molecule has 7 rings (SSSR count). The second-order valence-electron chi connectivity index (χ2n) is 20.0. The zero-order valence-electron chi connectivity index (χ0n) is 33.9. The lowest BCUT2D eigenvalue weighted by Crippen LogP contribution is -2.68. The van der Waals surface area contributed by atoms with Gasteiger partial charge in [0, 0.05) is 0 Å². The van der Waals surface area contributed by atoms with Crippen LogP contribution in [-0.2, 0) is 28.5 Å². The fourth-order valence-electron chi connectivity index (χ4n) is 13.9. The molecule has 0 amide bonds. The molecule has 20 atom stereocenters. The molecule has 0 aromatic heterocycles. The highest BCUT2D eigenvalue weighted by molar-refractivity contribution is 5.85. The van der Waals surface area contributed by atoms with Crippen LogP contribution < -0.4 is 0 Å². The lowest BCUT2D eigenvalue weighted by molar-refractivity contribution is -0.324. The first-order valence-electron chi connectivity index (χ1n) is 20.9. The predicted octanol–water partition coefficient (Wildman–Crippen LogP) is 2.26. The Morgan fingerprint density at radius 3 is 2.09 bits per heavy atom. The number of carbonyl (C=O) groups is 2. The molecule has 2 saturated heterocycles. The van der Waals surface area contributed by atoms with Crippen molar-refractivity contribution < 1.29 is 69.4 Å². The predicted molar refractivity (Wildman–Crippen MR) is 198 cm³/mol. The van der Waals surface area contributed by atoms with Crippen molar-refractivity contribution in [2.75, 3.05) is 6.61 Å². The molecule has 2 heterocycles. The number of aliphatic hydroxyl groups excluding tert-OH is 7. The minimum absolute atomic E-state index is 0.00720. The number of allylic oxidation sites excluding steroid dienone is 1. The van der Waals surface area contributed by atoms with Crippen molar-refractivity contribution in [1.82, 2.24) is 0 Å². The third-order valence-corrected chi connectivity index (χ3v) is 17.3. The van der Waals surface area contributed by atoms with Crippen molar-refractivity contribution >= 4 is 11.9 Å². The van der Waals surface area contributed by atoms with E-state index in [2.05, 4.69) is 47.6 Å². The van der Waals surface area contributed by atoms with Crippen LogP contribution in [0.2, 0.25) is 0 Å². The quantitative estimate of drug-likeness (QED) is 0.110. The number of carboxylic acids is 1. The molecule has 0 aromatic carbocycles. The van der Waals surface area contributed by atoms with Gasteiger partial charge in [0.2, 0.25) is 6.29 Å². The summed E-state index contributed by atoms with van der Waals surface area (Å²) in [6, 6.07) is 0. The number of rotatable bonds is 6. The van der Waals surface area contributed by atoms with Crippen LogP contribution in [0.15, 0.2) is 11.6 Å². The first-order valence-corrected chi connectivity index (χ1v) is 20.9. The van der Waals surface area contributed by atoms with Crippen LogP contribution in [0.4, 0.5) is 0 Å². The Morgan fingerprint density at radius 1 is 0.768 bits per heavy atom. The monoisotopic (exact) mass is 794 g/mol. The molecule has 6 fully saturated rings. The maximum atomic E-state index is 14.6. The van der Waals surface area contributed by atoms with Gasteiger partial charge in [-0.1, -0.05) is 53.2 Å². The zero-order valence-corrected chi connectivity index (χ0v) is 33.9. The van der Waals surface area contributed by atoms with Gasteiger partial charge in [0.25, 0.3) is 0 Å². The number of carboxylic acid groups (broad SMARTS) is 1. The van der Waals surface area contributed by atoms with E-state index >= 15 is 0 Å². The number of ether oxygens (including phenoxy) is 4. The van der Waals surface area contributed by atoms with Gasteiger partial charge in [0.15, 0.2) is 6.29 Å². The van der Waals surface area contributed by atoms with Gasteiger partial charge in [-0.15, -0.1) is 0 Å². The molecular weight excluding hydrogens is 728 g/mol. The van der Waals surface area contributed by atoms with E-state index in [9.17, 15) is 50.4 Å². The van der Waals surface area contributed by atoms with Gasteiger partial charge < -0.3 is 59.8 Å². The second kappa shape index (κ2) is 14.5. The van der Waals surface area contributed by atoms with E-state index in [-0.39, 0.29) is 48.0 Å². The molecule has 0 aromatic rings. The Bertz CT molecular complexity index is 1550. The van der Waals surface area contributed by atoms with Crippen molar-refractivity contribution in [3.63, 3.8) is 0 Å². The smallest absolute Gasteiger partial charge is 0.315 e. The number of hydrogen-bond donors (Lipinski definition) is 8. The summed E-state index contributed by atoms with van der Waals surface area (Å²) in [6.45, 7) is 14.0. The molecular formula is C42H66O14. The molecule has 14 nitrogen and oxygen atoms in total. The number of esters is 1. The summed E-state index contributed by atoms with van der Waals surface area (Å²) in [5.74, 6) is -1.73. The number of carbonyl (C=O) groups excluding carboxylic acids is 1. The highest BCUT2D eigenvalue weighted by Gasteiger charge is 2.74. The average Bonchev–Trinajstić information content (AvgIpc) is 3.14. The van der Waals surface area contributed by atoms with Crippen molar-refractivity contribution in [1.29, 1.82) is 0 Å². The summed E-state index contributed by atoms with van der Waals surface area (Å²) >= 11 is 0. The Balaban J connectivity index is 1.21. The van der Waals surface area contributed by atoms with Crippen LogP contribution in [-0.4, -0.2) is 127 Å². The van der Waals surface area contributed by atoms with Crippen LogP contribution in [0, 0.1) is 56.7 Å². The van der Waals surface area contributed by atoms with E-state index in [0.29, 0.717) is 32.1 Å². The van der Waals surface area contributed by atoms with Crippen LogP contribution in [0.1, 0.15) is 106 Å². The van der Waals surface area contributed by atoms with Gasteiger partial charge in [0.1, 0.15) is 42.7 Å². The molecule has 7 aliphatic rings. The minimum Gasteiger partial charge on any atom is -0.481 e. The molecule has 0 bridgehead atoms. The molecule has 318 valence electrons. The number of fused-ring (bicyclic) bond motifs is 7. The van der Waals surface area contributed by atoms with Crippen molar-refractivity contribution in [2.24, 2.45) is 56.7 Å². The van der Waals surface area contributed by atoms with Gasteiger partial charge in [-0.25, -0.2) is 0 Å². The summed E-state index contributed by atoms with van der Waals surface area (Å²) in [6.07, 6.45) is -6.91. The fourth-order valence-corrected chi connectivity index (χ4v) is 13.9. The SMILES string of the molecule is CC1CC[C@]2(C(=O)OC3OC(CO)C(O)C(O)C3O)CC[C@]3(C(=O)O)C(=CC[C@H]4[C@@]5(C)CCC(OC6OC(C)C(O)C(O)C6O)C(C)(C)[C@H]5CC[C@]43C)[C@H]2C1C. The first kappa shape index (κ1) is 42.4. The van der Waals surface area contributed by atoms with E-state index in [1.54, 1.807) is 6.92 Å². The molecule has 14 heteroatoms. The van der Waals surface area contributed by atoms with E-state index in [1.165, 1.54) is 0 Å². The highest BCUT2D eigenvalue weighted by atomic mass is 16.7. The highest BCUT2D eigenvalue weighted by Crippen LogP contribution is 2.76. The van der Waals surface area contributed by atoms with E-state index in [4.69, 9.17) is 18.9 Å². The largest absolute Gasteiger partial charge is 0.481 e. The zero-order chi connectivity index (χ0) is 41.1. The Hall–Kier alpha value is -1.72. The van der Waals surface area contributed by atoms with Crippen LogP contribution >= 0.6 is 0 Å². The molecule has 8 N–H and O–H groups in total. The molecule has 5 aliphatic carbocycles. The van der Waals surface area contributed by atoms with Crippen molar-refractivity contribution in [2.45, 2.75) is 174 Å². The Labute approximate surface area is 329 Å². The standard InChI is InChI=1S/C42H66O14/c1-19-10-15-41(37(52)56-35-33(49)31(47)29(45)23(18-43)54-35)16-17-42(36(50)51)22(27(41)20(19)2)8-9-25-39(6)13-12-26(38(4,5)24(39)11-14-40(25,42)7)55-34-32(48)30(46)28(44)21(3)53-34/h8,19-21,23-35,43-49H,9-18H2,1-7H3,(H,50,51)/t19?,20?,21?,23?,24-,25+,26?,27-,28?,29?,30?,31?,32?,33?,34?,35?,39+,40-,41+,42-/m1/s1. The van der Waals surface area contributed by atoms with Gasteiger partial charge >= 0.3 is 11.9 Å². The van der Waals surface area contributed by atoms with Crippen molar-refractivity contribution in [3.05, 3.63) is 11.6 Å². The number of hydrogen-bond acceptors (Lipinski definition) is 13.